The lowest BCUT2D eigenvalue weighted by Crippen LogP contribution is -2.13. The SMILES string of the molecule is CC[C@H](N)c1c(F)ccc(C(=O)O)c1O.Cl. The largest absolute Gasteiger partial charge is 0.507 e. The van der Waals surface area contributed by atoms with Crippen molar-refractivity contribution in [3.05, 3.63) is 29.1 Å². The highest BCUT2D eigenvalue weighted by Crippen LogP contribution is 2.30. The lowest BCUT2D eigenvalue weighted by molar-refractivity contribution is 0.0693. The summed E-state index contributed by atoms with van der Waals surface area (Å²) in [6.45, 7) is 1.72. The zero-order chi connectivity index (χ0) is 11.6. The van der Waals surface area contributed by atoms with Crippen LogP contribution in [0.15, 0.2) is 12.1 Å². The molecule has 0 amide bonds. The number of hydrogen-bond donors (Lipinski definition) is 3. The Morgan fingerprint density at radius 3 is 2.56 bits per heavy atom. The van der Waals surface area contributed by atoms with Gasteiger partial charge in [0.2, 0.25) is 0 Å². The monoisotopic (exact) mass is 249 g/mol. The number of rotatable bonds is 3. The Hall–Kier alpha value is -1.33. The Morgan fingerprint density at radius 1 is 1.56 bits per heavy atom. The van der Waals surface area contributed by atoms with E-state index in [1.807, 2.05) is 0 Å². The van der Waals surface area contributed by atoms with Crippen molar-refractivity contribution < 1.29 is 19.4 Å². The van der Waals surface area contributed by atoms with Gasteiger partial charge in [0.25, 0.3) is 0 Å². The van der Waals surface area contributed by atoms with Gasteiger partial charge in [0.1, 0.15) is 17.1 Å². The van der Waals surface area contributed by atoms with Crippen LogP contribution in [0.25, 0.3) is 0 Å². The summed E-state index contributed by atoms with van der Waals surface area (Å²) < 4.78 is 13.3. The van der Waals surface area contributed by atoms with E-state index in [9.17, 15) is 14.3 Å². The van der Waals surface area contributed by atoms with Gasteiger partial charge in [-0.3, -0.25) is 0 Å². The van der Waals surface area contributed by atoms with Crippen molar-refractivity contribution in [2.75, 3.05) is 0 Å². The van der Waals surface area contributed by atoms with Gasteiger partial charge in [-0.25, -0.2) is 9.18 Å². The molecule has 0 unspecified atom stereocenters. The minimum atomic E-state index is -1.31. The normalized spacial score (nSPS) is 11.7. The number of carbonyl (C=O) groups is 1. The maximum absolute atomic E-state index is 13.3. The molecule has 1 atom stereocenters. The third kappa shape index (κ3) is 2.62. The van der Waals surface area contributed by atoms with Crippen molar-refractivity contribution in [2.24, 2.45) is 5.73 Å². The van der Waals surface area contributed by atoms with Crippen LogP contribution in [0.2, 0.25) is 0 Å². The van der Waals surface area contributed by atoms with E-state index in [4.69, 9.17) is 10.8 Å². The van der Waals surface area contributed by atoms with Gasteiger partial charge in [0.15, 0.2) is 0 Å². The van der Waals surface area contributed by atoms with Crippen LogP contribution in [-0.4, -0.2) is 16.2 Å². The molecule has 1 aromatic rings. The van der Waals surface area contributed by atoms with E-state index in [0.29, 0.717) is 6.42 Å². The van der Waals surface area contributed by atoms with Crippen molar-refractivity contribution in [1.82, 2.24) is 0 Å². The van der Waals surface area contributed by atoms with E-state index in [1.54, 1.807) is 6.92 Å². The first-order valence-corrected chi connectivity index (χ1v) is 4.49. The Labute approximate surface area is 98.3 Å². The second-order valence-electron chi connectivity index (χ2n) is 3.18. The Morgan fingerprint density at radius 2 is 2.12 bits per heavy atom. The number of hydrogen-bond acceptors (Lipinski definition) is 3. The van der Waals surface area contributed by atoms with Gasteiger partial charge in [-0.2, -0.15) is 0 Å². The minimum Gasteiger partial charge on any atom is -0.507 e. The van der Waals surface area contributed by atoms with Gasteiger partial charge in [-0.15, -0.1) is 12.4 Å². The second kappa shape index (κ2) is 5.67. The molecule has 0 heterocycles. The predicted molar refractivity (Wildman–Crippen MR) is 59.5 cm³/mol. The molecule has 4 N–H and O–H groups in total. The van der Waals surface area contributed by atoms with Crippen LogP contribution in [0, 0.1) is 5.82 Å². The van der Waals surface area contributed by atoms with Crippen LogP contribution in [0.3, 0.4) is 0 Å². The quantitative estimate of drug-likeness (QED) is 0.766. The molecule has 4 nitrogen and oxygen atoms in total. The van der Waals surface area contributed by atoms with Crippen LogP contribution >= 0.6 is 12.4 Å². The van der Waals surface area contributed by atoms with Gasteiger partial charge in [0.05, 0.1) is 0 Å². The molecule has 0 aliphatic carbocycles. The van der Waals surface area contributed by atoms with Gasteiger partial charge >= 0.3 is 5.97 Å². The zero-order valence-electron chi connectivity index (χ0n) is 8.61. The molecule has 0 saturated carbocycles. The molecule has 1 aromatic carbocycles. The molecule has 6 heteroatoms. The summed E-state index contributed by atoms with van der Waals surface area (Å²) in [5.74, 6) is -2.58. The average molecular weight is 250 g/mol. The minimum absolute atomic E-state index is 0. The second-order valence-corrected chi connectivity index (χ2v) is 3.18. The summed E-state index contributed by atoms with van der Waals surface area (Å²) in [5.41, 5.74) is 5.09. The number of phenols is 1. The van der Waals surface area contributed by atoms with Crippen molar-refractivity contribution in [1.29, 1.82) is 0 Å². The first kappa shape index (κ1) is 14.7. The Balaban J connectivity index is 0.00000225. The highest BCUT2D eigenvalue weighted by atomic mass is 35.5. The van der Waals surface area contributed by atoms with Crippen LogP contribution < -0.4 is 5.73 Å². The van der Waals surface area contributed by atoms with E-state index in [2.05, 4.69) is 0 Å². The smallest absolute Gasteiger partial charge is 0.339 e. The third-order valence-electron chi connectivity index (χ3n) is 2.20. The van der Waals surface area contributed by atoms with Crippen LogP contribution in [-0.2, 0) is 0 Å². The molecular weight excluding hydrogens is 237 g/mol. The molecule has 0 bridgehead atoms. The van der Waals surface area contributed by atoms with Gasteiger partial charge in [0, 0.05) is 11.6 Å². The molecule has 0 saturated heterocycles. The fourth-order valence-corrected chi connectivity index (χ4v) is 1.31. The Kier molecular flexibility index (Phi) is 5.20. The molecule has 16 heavy (non-hydrogen) atoms. The number of carboxylic acids is 1. The van der Waals surface area contributed by atoms with Gasteiger partial charge in [-0.05, 0) is 18.6 Å². The molecule has 0 spiro atoms. The summed E-state index contributed by atoms with van der Waals surface area (Å²) in [7, 11) is 0. The summed E-state index contributed by atoms with van der Waals surface area (Å²) in [4.78, 5) is 10.7. The van der Waals surface area contributed by atoms with E-state index in [1.165, 1.54) is 0 Å². The summed E-state index contributed by atoms with van der Waals surface area (Å²) in [6.07, 6.45) is 0.410. The first-order chi connectivity index (χ1) is 6.99. The van der Waals surface area contributed by atoms with E-state index < -0.39 is 23.6 Å². The topological polar surface area (TPSA) is 83.6 Å². The maximum atomic E-state index is 13.3. The lowest BCUT2D eigenvalue weighted by atomic mass is 10.0. The van der Waals surface area contributed by atoms with Crippen molar-refractivity contribution >= 4 is 18.4 Å². The zero-order valence-corrected chi connectivity index (χ0v) is 9.42. The van der Waals surface area contributed by atoms with E-state index >= 15 is 0 Å². The van der Waals surface area contributed by atoms with Gasteiger partial charge < -0.3 is 15.9 Å². The summed E-state index contributed by atoms with van der Waals surface area (Å²) >= 11 is 0. The molecule has 0 aromatic heterocycles. The summed E-state index contributed by atoms with van der Waals surface area (Å²) in [5, 5.41) is 18.3. The number of aromatic carboxylic acids is 1. The number of halogens is 2. The molecule has 0 aliphatic rings. The molecule has 90 valence electrons. The molecule has 1 rings (SSSR count). The van der Waals surface area contributed by atoms with Crippen molar-refractivity contribution in [3.63, 3.8) is 0 Å². The average Bonchev–Trinajstić information content (AvgIpc) is 2.16. The molecule has 0 radical (unpaired) electrons. The predicted octanol–water partition coefficient (Wildman–Crippen LogP) is 2.06. The van der Waals surface area contributed by atoms with Crippen LogP contribution in [0.1, 0.15) is 35.3 Å². The van der Waals surface area contributed by atoms with Gasteiger partial charge in [-0.1, -0.05) is 6.92 Å². The van der Waals surface area contributed by atoms with E-state index in [0.717, 1.165) is 12.1 Å². The van der Waals surface area contributed by atoms with Crippen molar-refractivity contribution in [2.45, 2.75) is 19.4 Å². The highest BCUT2D eigenvalue weighted by molar-refractivity contribution is 5.91. The fraction of sp³-hybridized carbons (Fsp3) is 0.300. The number of benzene rings is 1. The van der Waals surface area contributed by atoms with Crippen molar-refractivity contribution in [3.8, 4) is 5.75 Å². The highest BCUT2D eigenvalue weighted by Gasteiger charge is 2.20. The number of carboxylic acid groups (broad SMARTS) is 1. The number of nitrogens with two attached hydrogens (primary N) is 1. The fourth-order valence-electron chi connectivity index (χ4n) is 1.31. The summed E-state index contributed by atoms with van der Waals surface area (Å²) in [6, 6.07) is 1.30. The molecular formula is C10H13ClFNO3. The van der Waals surface area contributed by atoms with Crippen LogP contribution in [0.5, 0.6) is 5.75 Å². The third-order valence-corrected chi connectivity index (χ3v) is 2.20. The number of aromatic hydroxyl groups is 1. The first-order valence-electron chi connectivity index (χ1n) is 4.49. The van der Waals surface area contributed by atoms with Crippen LogP contribution in [0.4, 0.5) is 4.39 Å². The maximum Gasteiger partial charge on any atom is 0.339 e. The van der Waals surface area contributed by atoms with E-state index in [-0.39, 0.29) is 23.5 Å². The Bertz CT molecular complexity index is 398. The molecule has 0 fully saturated rings. The molecule has 0 aliphatic heterocycles. The lowest BCUT2D eigenvalue weighted by Gasteiger charge is -2.13. The standard InChI is InChI=1S/C10H12FNO3.ClH/c1-2-7(12)8-6(11)4-3-5(9(8)13)10(14)15;/h3-4,7,13H,2,12H2,1H3,(H,14,15);1H/t7-;/m0./s1.